The maximum atomic E-state index is 11.0. The molecule has 8 aromatic rings. The number of carboxylic acid groups (broad SMARTS) is 6. The average molecular weight is 1350 g/mol. The lowest BCUT2D eigenvalue weighted by Gasteiger charge is -2.16. The van der Waals surface area contributed by atoms with Gasteiger partial charge in [0.15, 0.2) is 23.0 Å². The van der Waals surface area contributed by atoms with E-state index in [0.717, 1.165) is 50.1 Å². The molecule has 20 N–H and O–H groups in total. The van der Waals surface area contributed by atoms with E-state index in [-0.39, 0.29) is 55.9 Å². The topological polar surface area (TPSA) is 457 Å². The van der Waals surface area contributed by atoms with Crippen LogP contribution in [0.3, 0.4) is 0 Å². The van der Waals surface area contributed by atoms with Crippen molar-refractivity contribution in [2.45, 2.75) is 116 Å². The number of carboxylic acids is 6. The number of phenolic OH excluding ortho intramolecular Hbond substituents is 1. The van der Waals surface area contributed by atoms with Gasteiger partial charge >= 0.3 is 35.8 Å². The van der Waals surface area contributed by atoms with Gasteiger partial charge in [-0.2, -0.15) is 0 Å². The highest BCUT2D eigenvalue weighted by Gasteiger charge is 2.19. The van der Waals surface area contributed by atoms with Gasteiger partial charge in [0, 0.05) is 54.4 Å². The number of phenols is 1. The molecule has 6 atom stereocenters. The number of nitrogens with one attached hydrogen (secondary N) is 1. The van der Waals surface area contributed by atoms with Crippen molar-refractivity contribution < 1.29 is 83.5 Å². The summed E-state index contributed by atoms with van der Waals surface area (Å²) in [6.07, 6.45) is -0.570. The minimum absolute atomic E-state index is 0.0230. The molecule has 0 aromatic heterocycles. The summed E-state index contributed by atoms with van der Waals surface area (Å²) in [4.78, 5) is 73.8. The molecular formula is C74H89N7O17. The Bertz CT molecular complexity index is 3790. The predicted molar refractivity (Wildman–Crippen MR) is 372 cm³/mol. The molecule has 522 valence electrons. The maximum Gasteiger partial charge on any atom is 0.305 e. The number of amides is 1. The van der Waals surface area contributed by atoms with E-state index in [2.05, 4.69) is 5.32 Å². The Balaban J connectivity index is 0.000000316. The van der Waals surface area contributed by atoms with Crippen LogP contribution in [0.25, 0.3) is 0 Å². The van der Waals surface area contributed by atoms with Gasteiger partial charge in [-0.25, -0.2) is 0 Å². The minimum Gasteiger partial charge on any atom is -0.504 e. The number of methoxy groups -OCH3 is 1. The minimum atomic E-state index is -1.01. The quantitative estimate of drug-likeness (QED) is 0.0239. The smallest absolute Gasteiger partial charge is 0.305 e. The third-order valence-electron chi connectivity index (χ3n) is 14.1. The molecule has 6 unspecified atom stereocenters. The maximum absolute atomic E-state index is 11.0. The molecule has 0 aliphatic carbocycles. The Hall–Kier alpha value is -11.0. The van der Waals surface area contributed by atoms with Gasteiger partial charge in [-0.1, -0.05) is 175 Å². The number of carbonyl (C=O) groups is 7. The first-order chi connectivity index (χ1) is 46.5. The van der Waals surface area contributed by atoms with Gasteiger partial charge in [0.2, 0.25) is 5.91 Å². The van der Waals surface area contributed by atoms with Crippen molar-refractivity contribution in [3.05, 3.63) is 255 Å². The molecule has 8 aromatic carbocycles. The highest BCUT2D eigenvalue weighted by molar-refractivity contribution is 5.88. The van der Waals surface area contributed by atoms with Crippen molar-refractivity contribution in [2.75, 3.05) is 12.4 Å². The summed E-state index contributed by atoms with van der Waals surface area (Å²) in [5.74, 6) is -4.32. The number of aliphatic carboxylic acids is 6. The molecule has 0 heterocycles. The lowest BCUT2D eigenvalue weighted by molar-refractivity contribution is -0.138. The Labute approximate surface area is 569 Å². The zero-order valence-electron chi connectivity index (χ0n) is 55.3. The first-order valence-corrected chi connectivity index (χ1v) is 30.7. The van der Waals surface area contributed by atoms with E-state index in [1.165, 1.54) is 14.0 Å². The van der Waals surface area contributed by atoms with Crippen LogP contribution in [0.15, 0.2) is 194 Å². The first-order valence-electron chi connectivity index (χ1n) is 30.7. The molecular weight excluding hydrogens is 1260 g/mol. The normalized spacial score (nSPS) is 12.1. The summed E-state index contributed by atoms with van der Waals surface area (Å²) < 4.78 is 16.8. The molecule has 24 heteroatoms. The van der Waals surface area contributed by atoms with Crippen molar-refractivity contribution in [1.29, 1.82) is 0 Å². The van der Waals surface area contributed by atoms with Crippen molar-refractivity contribution in [3.63, 3.8) is 0 Å². The zero-order chi connectivity index (χ0) is 72.9. The number of benzene rings is 8. The van der Waals surface area contributed by atoms with Crippen molar-refractivity contribution in [3.8, 4) is 23.0 Å². The second-order valence-electron chi connectivity index (χ2n) is 22.4. The van der Waals surface area contributed by atoms with Crippen LogP contribution in [0.5, 0.6) is 23.0 Å². The fourth-order valence-electron chi connectivity index (χ4n) is 9.02. The Morgan fingerprint density at radius 3 is 1.19 bits per heavy atom. The van der Waals surface area contributed by atoms with Crippen molar-refractivity contribution in [1.82, 2.24) is 0 Å². The second-order valence-corrected chi connectivity index (χ2v) is 22.4. The predicted octanol–water partition coefficient (Wildman–Crippen LogP) is 10.7. The molecule has 1 amide bonds. The first kappa shape index (κ1) is 81.2. The summed E-state index contributed by atoms with van der Waals surface area (Å²) in [6.45, 7) is 8.06. The molecule has 0 spiro atoms. The number of aromatic hydroxyl groups is 1. The van der Waals surface area contributed by atoms with E-state index in [4.69, 9.17) is 79.3 Å². The number of anilines is 1. The lowest BCUT2D eigenvalue weighted by Crippen LogP contribution is -2.15. The monoisotopic (exact) mass is 1350 g/mol. The molecule has 0 aliphatic rings. The Morgan fingerprint density at radius 2 is 0.755 bits per heavy atom. The Kier molecular flexibility index (Phi) is 35.8. The number of ether oxygens (including phenoxy) is 3. The van der Waals surface area contributed by atoms with Gasteiger partial charge in [-0.15, -0.1) is 0 Å². The lowest BCUT2D eigenvalue weighted by atomic mass is 10.00. The fourth-order valence-corrected chi connectivity index (χ4v) is 9.02. The van der Waals surface area contributed by atoms with Crippen LogP contribution < -0.4 is 53.9 Å². The third-order valence-corrected chi connectivity index (χ3v) is 14.1. The van der Waals surface area contributed by atoms with E-state index in [1.54, 1.807) is 60.7 Å². The van der Waals surface area contributed by atoms with E-state index in [1.807, 2.05) is 154 Å². The van der Waals surface area contributed by atoms with Crippen molar-refractivity contribution in [2.24, 2.45) is 34.4 Å². The summed E-state index contributed by atoms with van der Waals surface area (Å²) in [5.41, 5.74) is 44.8. The van der Waals surface area contributed by atoms with Gasteiger partial charge in [0.05, 0.1) is 45.6 Å². The Morgan fingerprint density at radius 1 is 0.378 bits per heavy atom. The number of nitrogens with two attached hydrogens (primary N) is 6. The van der Waals surface area contributed by atoms with Gasteiger partial charge in [-0.3, -0.25) is 33.6 Å². The summed E-state index contributed by atoms with van der Waals surface area (Å²) in [5, 5.41) is 64.0. The molecule has 8 rings (SSSR count). The standard InChI is InChI=1S/C23H23NO4.C11H14N2O3.C10H13NO4.3C10H13NO2/c24-20(14-23(25)26)19-11-12-21(27-15-17-7-3-1-4-8-17)22(13-19)28-16-18-9-5-2-6-10-18;1-7(14)13-9-4-2-8(3-5-9)10(12)6-11(15)16;1-15-8-4-2-3-6(10(8)14)7(11)5-9(12)13;1-7-2-4-8(5-3-7)9(11)6-10(12)13;1-7-3-2-4-8(5-7)9(11)6-10(12)13;1-7-4-2-3-5-8(7)9(11)6-10(12)13/h1-13,20H,14-16,24H2,(H,25,26);2-5,10H,6,12H2,1H3,(H,13,14)(H,15,16);2-4,7,14H,5,11H2,1H3,(H,12,13);3*2-5,9H,6,11H2,1H3,(H,12,13). The zero-order valence-corrected chi connectivity index (χ0v) is 55.3. The van der Waals surface area contributed by atoms with E-state index in [9.17, 15) is 38.7 Å². The summed E-state index contributed by atoms with van der Waals surface area (Å²) in [6, 6.07) is 56.2. The molecule has 0 saturated heterocycles. The molecule has 0 aliphatic heterocycles. The number of hydrogen-bond donors (Lipinski definition) is 14. The summed E-state index contributed by atoms with van der Waals surface area (Å²) in [7, 11) is 1.42. The number of rotatable bonds is 26. The second kappa shape index (κ2) is 43.2. The number of hydrogen-bond acceptors (Lipinski definition) is 17. The highest BCUT2D eigenvalue weighted by Crippen LogP contribution is 2.35. The average Bonchev–Trinajstić information content (AvgIpc) is 0.881. The molecule has 0 fully saturated rings. The van der Waals surface area contributed by atoms with Crippen LogP contribution in [-0.4, -0.2) is 84.6 Å². The number of para-hydroxylation sites is 1. The van der Waals surface area contributed by atoms with Crippen LogP contribution in [0, 0.1) is 20.8 Å². The number of carbonyl (C=O) groups excluding carboxylic acids is 1. The number of aryl methyl sites for hydroxylation is 3. The van der Waals surface area contributed by atoms with Crippen molar-refractivity contribution >= 4 is 47.4 Å². The molecule has 0 saturated carbocycles. The molecule has 98 heavy (non-hydrogen) atoms. The van der Waals surface area contributed by atoms with Crippen LogP contribution >= 0.6 is 0 Å². The molecule has 0 bridgehead atoms. The SMILES string of the molecule is CC(=O)Nc1ccc(C(N)CC(=O)O)cc1.COc1cccc(C(N)CC(=O)O)c1O.Cc1ccc(C(N)CC(=O)O)cc1.Cc1cccc(C(N)CC(=O)O)c1.Cc1ccccc1C(N)CC(=O)O.NC(CC(=O)O)c1ccc(OCc2ccccc2)c(OCc2ccccc2)c1. The van der Waals surface area contributed by atoms with Crippen LogP contribution in [0.1, 0.15) is 143 Å². The van der Waals surface area contributed by atoms with E-state index in [0.29, 0.717) is 41.5 Å². The van der Waals surface area contributed by atoms with E-state index < -0.39 is 72.1 Å². The van der Waals surface area contributed by atoms with Gasteiger partial charge in [0.1, 0.15) is 13.2 Å². The van der Waals surface area contributed by atoms with E-state index >= 15 is 0 Å². The largest absolute Gasteiger partial charge is 0.504 e. The van der Waals surface area contributed by atoms with Crippen LogP contribution in [-0.2, 0) is 46.8 Å². The fraction of sp³-hybridized carbons (Fsp3) is 0.257. The van der Waals surface area contributed by atoms with Gasteiger partial charge in [-0.05, 0) is 95.6 Å². The third kappa shape index (κ3) is 32.0. The molecule has 0 radical (unpaired) electrons. The van der Waals surface area contributed by atoms with Crippen LogP contribution in [0.2, 0.25) is 0 Å². The highest BCUT2D eigenvalue weighted by atomic mass is 16.5. The van der Waals surface area contributed by atoms with Gasteiger partial charge < -0.3 is 89.7 Å². The van der Waals surface area contributed by atoms with Gasteiger partial charge in [0.25, 0.3) is 0 Å². The molecule has 24 nitrogen and oxygen atoms in total. The van der Waals surface area contributed by atoms with Crippen LogP contribution in [0.4, 0.5) is 5.69 Å². The summed E-state index contributed by atoms with van der Waals surface area (Å²) >= 11 is 0.